The molecular weight excluding hydrogens is 144 g/mol. The lowest BCUT2D eigenvalue weighted by Crippen LogP contribution is -2.07. The van der Waals surface area contributed by atoms with Crippen LogP contribution in [0.1, 0.15) is 40.0 Å². The van der Waals surface area contributed by atoms with Gasteiger partial charge in [-0.1, -0.05) is 32.1 Å². The lowest BCUT2D eigenvalue weighted by Gasteiger charge is -2.19. The van der Waals surface area contributed by atoms with Crippen LogP contribution in [0.2, 0.25) is 0 Å². The van der Waals surface area contributed by atoms with Crippen LogP contribution in [0.15, 0.2) is 24.8 Å². The molecule has 0 aromatic heterocycles. The predicted molar refractivity (Wildman–Crippen MR) is 56.9 cm³/mol. The maximum Gasteiger partial charge on any atom is -0.0140 e. The van der Waals surface area contributed by atoms with Gasteiger partial charge in [-0.25, -0.2) is 0 Å². The SMILES string of the molecule is C=CC(CC=CC)[C](CC)CC. The van der Waals surface area contributed by atoms with Crippen LogP contribution in [0.3, 0.4) is 0 Å². The van der Waals surface area contributed by atoms with Crippen molar-refractivity contribution in [3.63, 3.8) is 0 Å². The van der Waals surface area contributed by atoms with Gasteiger partial charge < -0.3 is 0 Å². The van der Waals surface area contributed by atoms with Crippen LogP contribution in [0.4, 0.5) is 0 Å². The summed E-state index contributed by atoms with van der Waals surface area (Å²) < 4.78 is 0. The average molecular weight is 165 g/mol. The van der Waals surface area contributed by atoms with E-state index >= 15 is 0 Å². The molecule has 0 aliphatic rings. The van der Waals surface area contributed by atoms with Crippen molar-refractivity contribution < 1.29 is 0 Å². The van der Waals surface area contributed by atoms with Gasteiger partial charge in [0.05, 0.1) is 0 Å². The first-order chi connectivity index (χ1) is 5.79. The number of rotatable bonds is 6. The Morgan fingerprint density at radius 2 is 1.92 bits per heavy atom. The summed E-state index contributed by atoms with van der Waals surface area (Å²) >= 11 is 0. The molecule has 0 saturated heterocycles. The third-order valence-corrected chi connectivity index (χ3v) is 2.34. The maximum absolute atomic E-state index is 3.88. The van der Waals surface area contributed by atoms with E-state index in [2.05, 4.69) is 45.6 Å². The predicted octanol–water partition coefficient (Wildman–Crippen LogP) is 4.15. The second kappa shape index (κ2) is 7.15. The summed E-state index contributed by atoms with van der Waals surface area (Å²) in [4.78, 5) is 0. The summed E-state index contributed by atoms with van der Waals surface area (Å²) in [6, 6.07) is 0. The number of hydrogen-bond donors (Lipinski definition) is 0. The molecule has 0 aromatic carbocycles. The van der Waals surface area contributed by atoms with Crippen molar-refractivity contribution in [2.45, 2.75) is 40.0 Å². The maximum atomic E-state index is 3.88. The van der Waals surface area contributed by atoms with Crippen LogP contribution in [0, 0.1) is 11.8 Å². The minimum absolute atomic E-state index is 0.594. The van der Waals surface area contributed by atoms with Gasteiger partial charge in [-0.2, -0.15) is 0 Å². The minimum Gasteiger partial charge on any atom is -0.103 e. The highest BCUT2D eigenvalue weighted by Crippen LogP contribution is 2.25. The molecular formula is C12H21. The molecule has 0 aromatic rings. The van der Waals surface area contributed by atoms with Crippen LogP contribution in [0.5, 0.6) is 0 Å². The third-order valence-electron chi connectivity index (χ3n) is 2.34. The Balaban J connectivity index is 4.01. The van der Waals surface area contributed by atoms with Crippen molar-refractivity contribution in [2.75, 3.05) is 0 Å². The first-order valence-corrected chi connectivity index (χ1v) is 4.88. The Bertz CT molecular complexity index is 129. The monoisotopic (exact) mass is 165 g/mol. The Kier molecular flexibility index (Phi) is 6.84. The standard InChI is InChI=1S/C12H21/c1-5-9-10-12(8-4)11(6-2)7-3/h5,8-9,12H,4,6-7,10H2,1-3H3. The Labute approximate surface area is 77.4 Å². The van der Waals surface area contributed by atoms with E-state index in [-0.39, 0.29) is 0 Å². The first kappa shape index (κ1) is 11.5. The van der Waals surface area contributed by atoms with Crippen molar-refractivity contribution in [2.24, 2.45) is 5.92 Å². The van der Waals surface area contributed by atoms with Crippen LogP contribution in [-0.4, -0.2) is 0 Å². The molecule has 0 heteroatoms. The topological polar surface area (TPSA) is 0 Å². The van der Waals surface area contributed by atoms with Gasteiger partial charge >= 0.3 is 0 Å². The van der Waals surface area contributed by atoms with E-state index in [9.17, 15) is 0 Å². The first-order valence-electron chi connectivity index (χ1n) is 4.88. The molecule has 0 N–H and O–H groups in total. The molecule has 0 nitrogen and oxygen atoms in total. The van der Waals surface area contributed by atoms with Crippen LogP contribution >= 0.6 is 0 Å². The van der Waals surface area contributed by atoms with E-state index in [0.29, 0.717) is 5.92 Å². The second-order valence-electron chi connectivity index (χ2n) is 3.01. The van der Waals surface area contributed by atoms with Gasteiger partial charge in [-0.3, -0.25) is 0 Å². The summed E-state index contributed by atoms with van der Waals surface area (Å²) in [5.41, 5.74) is 0. The molecule has 1 radical (unpaired) electrons. The fraction of sp³-hybridized carbons (Fsp3) is 0.583. The molecule has 0 heterocycles. The van der Waals surface area contributed by atoms with E-state index in [0.717, 1.165) is 6.42 Å². The van der Waals surface area contributed by atoms with Gasteiger partial charge in [0.25, 0.3) is 0 Å². The lowest BCUT2D eigenvalue weighted by atomic mass is 9.85. The summed E-state index contributed by atoms with van der Waals surface area (Å²) in [6.07, 6.45) is 9.89. The average Bonchev–Trinajstić information content (AvgIpc) is 2.12. The normalized spacial score (nSPS) is 14.0. The molecule has 0 fully saturated rings. The van der Waals surface area contributed by atoms with Gasteiger partial charge in [0.2, 0.25) is 0 Å². The highest BCUT2D eigenvalue weighted by molar-refractivity contribution is 5.05. The van der Waals surface area contributed by atoms with E-state index in [1.165, 1.54) is 12.8 Å². The minimum atomic E-state index is 0.594. The van der Waals surface area contributed by atoms with E-state index in [4.69, 9.17) is 0 Å². The van der Waals surface area contributed by atoms with Gasteiger partial charge in [0.15, 0.2) is 0 Å². The van der Waals surface area contributed by atoms with Gasteiger partial charge in [0, 0.05) is 0 Å². The molecule has 69 valence electrons. The zero-order valence-corrected chi connectivity index (χ0v) is 8.64. The molecule has 0 saturated carbocycles. The second-order valence-corrected chi connectivity index (χ2v) is 3.01. The number of allylic oxidation sites excluding steroid dienone is 3. The summed E-state index contributed by atoms with van der Waals surface area (Å²) in [5.74, 6) is 2.21. The van der Waals surface area contributed by atoms with Crippen LogP contribution in [0.25, 0.3) is 0 Å². The van der Waals surface area contributed by atoms with Crippen molar-refractivity contribution in [1.82, 2.24) is 0 Å². The number of hydrogen-bond acceptors (Lipinski definition) is 0. The Hall–Kier alpha value is -0.520. The largest absolute Gasteiger partial charge is 0.103 e. The zero-order valence-electron chi connectivity index (χ0n) is 8.64. The fourth-order valence-corrected chi connectivity index (χ4v) is 1.49. The highest BCUT2D eigenvalue weighted by Gasteiger charge is 2.13. The molecule has 1 unspecified atom stereocenters. The van der Waals surface area contributed by atoms with Gasteiger partial charge in [-0.05, 0) is 38.0 Å². The summed E-state index contributed by atoms with van der Waals surface area (Å²) in [7, 11) is 0. The molecule has 12 heavy (non-hydrogen) atoms. The smallest absolute Gasteiger partial charge is 0.0140 e. The molecule has 0 amide bonds. The van der Waals surface area contributed by atoms with Crippen molar-refractivity contribution >= 4 is 0 Å². The third kappa shape index (κ3) is 3.75. The molecule has 0 rings (SSSR count). The van der Waals surface area contributed by atoms with Crippen molar-refractivity contribution in [1.29, 1.82) is 0 Å². The summed E-state index contributed by atoms with van der Waals surface area (Å²) in [6.45, 7) is 10.4. The van der Waals surface area contributed by atoms with Crippen LogP contribution in [-0.2, 0) is 0 Å². The molecule has 0 spiro atoms. The zero-order chi connectivity index (χ0) is 9.40. The quantitative estimate of drug-likeness (QED) is 0.519. The fourth-order valence-electron chi connectivity index (χ4n) is 1.49. The van der Waals surface area contributed by atoms with Crippen molar-refractivity contribution in [3.05, 3.63) is 30.7 Å². The lowest BCUT2D eigenvalue weighted by molar-refractivity contribution is 0.594. The van der Waals surface area contributed by atoms with Gasteiger partial charge in [0.1, 0.15) is 0 Å². The van der Waals surface area contributed by atoms with Gasteiger partial charge in [-0.15, -0.1) is 6.58 Å². The van der Waals surface area contributed by atoms with E-state index in [1.54, 1.807) is 5.92 Å². The summed E-state index contributed by atoms with van der Waals surface area (Å²) in [5, 5.41) is 0. The van der Waals surface area contributed by atoms with E-state index < -0.39 is 0 Å². The molecule has 0 aliphatic heterocycles. The highest BCUT2D eigenvalue weighted by atomic mass is 14.2. The molecule has 1 atom stereocenters. The molecule has 0 aliphatic carbocycles. The van der Waals surface area contributed by atoms with Crippen molar-refractivity contribution in [3.8, 4) is 0 Å². The Morgan fingerprint density at radius 3 is 2.25 bits per heavy atom. The van der Waals surface area contributed by atoms with E-state index in [1.807, 2.05) is 0 Å². The van der Waals surface area contributed by atoms with Crippen LogP contribution < -0.4 is 0 Å². The Morgan fingerprint density at radius 1 is 1.33 bits per heavy atom. The molecule has 0 bridgehead atoms.